The van der Waals surface area contributed by atoms with E-state index < -0.39 is 5.82 Å². The Bertz CT molecular complexity index is 402. The molecule has 1 amide bonds. The highest BCUT2D eigenvalue weighted by atomic mass is 19.1. The van der Waals surface area contributed by atoms with Crippen LogP contribution in [-0.2, 0) is 4.74 Å². The maximum Gasteiger partial charge on any atom is 0.254 e. The second kappa shape index (κ2) is 4.22. The van der Waals surface area contributed by atoms with E-state index in [1.54, 1.807) is 12.1 Å². The predicted octanol–water partition coefficient (Wildman–Crippen LogP) is 1.59. The number of hydrogen-bond acceptors (Lipinski definition) is 2. The number of carbonyl (C=O) groups excluding carboxylic acids is 1. The van der Waals surface area contributed by atoms with E-state index in [1.807, 2.05) is 6.92 Å². The lowest BCUT2D eigenvalue weighted by molar-refractivity contribution is -0.0978. The molecule has 86 valence electrons. The average molecular weight is 223 g/mol. The van der Waals surface area contributed by atoms with Gasteiger partial charge >= 0.3 is 0 Å². The Morgan fingerprint density at radius 3 is 2.75 bits per heavy atom. The van der Waals surface area contributed by atoms with Crippen molar-refractivity contribution < 1.29 is 13.9 Å². The molecule has 0 aromatic heterocycles. The Labute approximate surface area is 93.6 Å². The van der Waals surface area contributed by atoms with Gasteiger partial charge in [-0.2, -0.15) is 0 Å². The highest BCUT2D eigenvalue weighted by Gasteiger charge is 2.33. The molecule has 0 spiro atoms. The van der Waals surface area contributed by atoms with Gasteiger partial charge in [0.15, 0.2) is 0 Å². The maximum absolute atomic E-state index is 13.3. The zero-order valence-electron chi connectivity index (χ0n) is 9.13. The van der Waals surface area contributed by atoms with Crippen LogP contribution < -0.4 is 5.32 Å². The lowest BCUT2D eigenvalue weighted by Crippen LogP contribution is -2.48. The first kappa shape index (κ1) is 11.1. The molecular weight excluding hydrogens is 209 g/mol. The van der Waals surface area contributed by atoms with Crippen LogP contribution in [0.2, 0.25) is 0 Å². The first-order chi connectivity index (χ1) is 7.61. The second-order valence-corrected chi connectivity index (χ2v) is 4.47. The van der Waals surface area contributed by atoms with Gasteiger partial charge in [-0.3, -0.25) is 4.79 Å². The number of halogens is 1. The minimum absolute atomic E-state index is 0.000909. The third kappa shape index (κ3) is 2.22. The van der Waals surface area contributed by atoms with Crippen molar-refractivity contribution in [2.75, 3.05) is 19.8 Å². The topological polar surface area (TPSA) is 38.3 Å². The highest BCUT2D eigenvalue weighted by molar-refractivity contribution is 5.94. The fourth-order valence-electron chi connectivity index (χ4n) is 1.59. The van der Waals surface area contributed by atoms with Crippen molar-refractivity contribution in [3.05, 3.63) is 35.6 Å². The van der Waals surface area contributed by atoms with Crippen LogP contribution in [0.4, 0.5) is 4.39 Å². The molecule has 2 rings (SSSR count). The van der Waals surface area contributed by atoms with Crippen molar-refractivity contribution in [3.8, 4) is 0 Å². The van der Waals surface area contributed by atoms with Crippen molar-refractivity contribution in [2.45, 2.75) is 6.92 Å². The van der Waals surface area contributed by atoms with Crippen LogP contribution in [0.3, 0.4) is 0 Å². The fraction of sp³-hybridized carbons (Fsp3) is 0.417. The molecule has 0 unspecified atom stereocenters. The fourth-order valence-corrected chi connectivity index (χ4v) is 1.59. The summed E-state index contributed by atoms with van der Waals surface area (Å²) in [4.78, 5) is 11.7. The predicted molar refractivity (Wildman–Crippen MR) is 57.7 cm³/mol. The molecule has 1 heterocycles. The Morgan fingerprint density at radius 1 is 1.50 bits per heavy atom. The van der Waals surface area contributed by atoms with Gasteiger partial charge in [0.05, 0.1) is 18.8 Å². The number of hydrogen-bond donors (Lipinski definition) is 1. The molecule has 0 aliphatic carbocycles. The van der Waals surface area contributed by atoms with Crippen LogP contribution in [0.15, 0.2) is 24.3 Å². The number of benzene rings is 1. The van der Waals surface area contributed by atoms with Crippen molar-refractivity contribution in [1.29, 1.82) is 0 Å². The maximum atomic E-state index is 13.3. The summed E-state index contributed by atoms with van der Waals surface area (Å²) in [5, 5.41) is 2.72. The quantitative estimate of drug-likeness (QED) is 0.845. The lowest BCUT2D eigenvalue weighted by Gasteiger charge is -2.38. The van der Waals surface area contributed by atoms with Gasteiger partial charge in [-0.1, -0.05) is 19.1 Å². The van der Waals surface area contributed by atoms with Crippen molar-refractivity contribution in [2.24, 2.45) is 5.41 Å². The molecule has 0 atom stereocenters. The molecule has 3 nitrogen and oxygen atoms in total. The Hall–Kier alpha value is -1.42. The third-order valence-electron chi connectivity index (χ3n) is 2.70. The van der Waals surface area contributed by atoms with Gasteiger partial charge in [0.1, 0.15) is 5.82 Å². The summed E-state index contributed by atoms with van der Waals surface area (Å²) in [5.74, 6) is -0.860. The molecule has 1 fully saturated rings. The monoisotopic (exact) mass is 223 g/mol. The molecule has 1 saturated heterocycles. The van der Waals surface area contributed by atoms with E-state index in [-0.39, 0.29) is 16.9 Å². The molecule has 0 saturated carbocycles. The lowest BCUT2D eigenvalue weighted by atomic mass is 9.88. The largest absolute Gasteiger partial charge is 0.380 e. The first-order valence-corrected chi connectivity index (χ1v) is 5.21. The van der Waals surface area contributed by atoms with Gasteiger partial charge < -0.3 is 10.1 Å². The summed E-state index contributed by atoms with van der Waals surface area (Å²) in [5.41, 5.74) is 0.0901. The van der Waals surface area contributed by atoms with Gasteiger partial charge in [0, 0.05) is 12.0 Å². The normalized spacial score (nSPS) is 17.6. The zero-order valence-corrected chi connectivity index (χ0v) is 9.13. The molecule has 1 aromatic carbocycles. The third-order valence-corrected chi connectivity index (χ3v) is 2.70. The van der Waals surface area contributed by atoms with E-state index in [0.717, 1.165) is 0 Å². The van der Waals surface area contributed by atoms with Gasteiger partial charge in [-0.25, -0.2) is 4.39 Å². The SMILES string of the molecule is CC1(CNC(=O)c2ccccc2F)COC1. The highest BCUT2D eigenvalue weighted by Crippen LogP contribution is 2.25. The van der Waals surface area contributed by atoms with E-state index in [9.17, 15) is 9.18 Å². The second-order valence-electron chi connectivity index (χ2n) is 4.47. The van der Waals surface area contributed by atoms with Crippen molar-refractivity contribution >= 4 is 5.91 Å². The van der Waals surface area contributed by atoms with E-state index in [2.05, 4.69) is 5.32 Å². The molecular formula is C12H14FNO2. The van der Waals surface area contributed by atoms with Gasteiger partial charge in [-0.05, 0) is 12.1 Å². The number of amides is 1. The van der Waals surface area contributed by atoms with Crippen LogP contribution in [0.1, 0.15) is 17.3 Å². The molecule has 1 N–H and O–H groups in total. The van der Waals surface area contributed by atoms with Crippen LogP contribution in [0, 0.1) is 11.2 Å². The van der Waals surface area contributed by atoms with Crippen molar-refractivity contribution in [1.82, 2.24) is 5.32 Å². The Balaban J connectivity index is 1.96. The van der Waals surface area contributed by atoms with Crippen molar-refractivity contribution in [3.63, 3.8) is 0 Å². The Kier molecular flexibility index (Phi) is 2.92. The van der Waals surface area contributed by atoms with Gasteiger partial charge in [0.25, 0.3) is 5.91 Å². The summed E-state index contributed by atoms with van der Waals surface area (Å²) >= 11 is 0. The minimum atomic E-state index is -0.491. The summed E-state index contributed by atoms with van der Waals surface area (Å²) in [6.45, 7) is 3.83. The van der Waals surface area contributed by atoms with Crippen LogP contribution in [0.25, 0.3) is 0 Å². The number of ether oxygens (including phenoxy) is 1. The summed E-state index contributed by atoms with van der Waals surface area (Å²) in [6, 6.07) is 5.96. The van der Waals surface area contributed by atoms with Gasteiger partial charge in [0.2, 0.25) is 0 Å². The van der Waals surface area contributed by atoms with Crippen LogP contribution in [0.5, 0.6) is 0 Å². The minimum Gasteiger partial charge on any atom is -0.380 e. The van der Waals surface area contributed by atoms with Gasteiger partial charge in [-0.15, -0.1) is 0 Å². The number of rotatable bonds is 3. The molecule has 16 heavy (non-hydrogen) atoms. The summed E-state index contributed by atoms with van der Waals surface area (Å²) < 4.78 is 18.3. The zero-order chi connectivity index (χ0) is 11.6. The molecule has 1 aliphatic heterocycles. The van der Waals surface area contributed by atoms with E-state index in [1.165, 1.54) is 12.1 Å². The number of carbonyl (C=O) groups is 1. The molecule has 1 aliphatic rings. The molecule has 4 heteroatoms. The molecule has 0 radical (unpaired) electrons. The smallest absolute Gasteiger partial charge is 0.254 e. The summed E-state index contributed by atoms with van der Waals surface area (Å²) in [7, 11) is 0. The summed E-state index contributed by atoms with van der Waals surface area (Å²) in [6.07, 6.45) is 0. The van der Waals surface area contributed by atoms with E-state index >= 15 is 0 Å². The van der Waals surface area contributed by atoms with Crippen LogP contribution in [-0.4, -0.2) is 25.7 Å². The molecule has 1 aromatic rings. The average Bonchev–Trinajstić information content (AvgIpc) is 2.24. The Morgan fingerprint density at radius 2 is 2.19 bits per heavy atom. The van der Waals surface area contributed by atoms with E-state index in [0.29, 0.717) is 19.8 Å². The van der Waals surface area contributed by atoms with Crippen LogP contribution >= 0.6 is 0 Å². The number of nitrogens with one attached hydrogen (secondary N) is 1. The first-order valence-electron chi connectivity index (χ1n) is 5.21. The van der Waals surface area contributed by atoms with E-state index in [4.69, 9.17) is 4.74 Å². The molecule has 0 bridgehead atoms. The standard InChI is InChI=1S/C12H14FNO2/c1-12(7-16-8-12)6-14-11(15)9-4-2-3-5-10(9)13/h2-5H,6-8H2,1H3,(H,14,15).